The minimum absolute atomic E-state index is 0.0708. The van der Waals surface area contributed by atoms with E-state index in [-0.39, 0.29) is 29.2 Å². The normalized spacial score (nSPS) is 12.3. The fourth-order valence-electron chi connectivity index (χ4n) is 1.22. The number of hydrogen-bond donors (Lipinski definition) is 1. The van der Waals surface area contributed by atoms with E-state index in [1.807, 2.05) is 20.8 Å². The monoisotopic (exact) mass is 307 g/mol. The van der Waals surface area contributed by atoms with Crippen LogP contribution in [0.25, 0.3) is 0 Å². The summed E-state index contributed by atoms with van der Waals surface area (Å²) in [6.45, 7) is 5.36. The molecule has 0 unspecified atom stereocenters. The molecule has 20 heavy (non-hydrogen) atoms. The van der Waals surface area contributed by atoms with Crippen molar-refractivity contribution >= 4 is 23.4 Å². The summed E-state index contributed by atoms with van der Waals surface area (Å²) in [5.41, 5.74) is -4.31. The summed E-state index contributed by atoms with van der Waals surface area (Å²) in [6.07, 6.45) is 0. The molecule has 1 N–H and O–H groups in total. The van der Waals surface area contributed by atoms with Crippen molar-refractivity contribution in [2.75, 3.05) is 11.9 Å². The first-order valence-corrected chi connectivity index (χ1v) is 6.66. The molecule has 0 atom stereocenters. The van der Waals surface area contributed by atoms with Gasteiger partial charge < -0.3 is 10.1 Å². The number of carbonyl (C=O) groups excluding carboxylic acids is 1. The van der Waals surface area contributed by atoms with Gasteiger partial charge in [-0.1, -0.05) is 0 Å². The van der Waals surface area contributed by atoms with E-state index in [4.69, 9.17) is 4.74 Å². The van der Waals surface area contributed by atoms with Gasteiger partial charge in [-0.15, -0.1) is 0 Å². The largest absolute Gasteiger partial charge is 0.446 e. The van der Waals surface area contributed by atoms with Crippen LogP contribution in [0.3, 0.4) is 0 Å². The molecular weight excluding hydrogens is 291 g/mol. The molecule has 0 saturated carbocycles. The third-order valence-corrected chi connectivity index (χ3v) is 2.75. The first kappa shape index (κ1) is 16.8. The van der Waals surface area contributed by atoms with Crippen LogP contribution in [0.15, 0.2) is 29.2 Å². The molecule has 3 nitrogen and oxygen atoms in total. The van der Waals surface area contributed by atoms with Crippen molar-refractivity contribution in [3.05, 3.63) is 24.3 Å². The molecule has 1 aromatic rings. The number of anilines is 1. The molecule has 1 rings (SSSR count). The molecule has 1 aromatic carbocycles. The Hall–Kier alpha value is -1.21. The van der Waals surface area contributed by atoms with Crippen LogP contribution in [0, 0.1) is 0 Å². The maximum atomic E-state index is 12.1. The molecule has 0 aliphatic heterocycles. The van der Waals surface area contributed by atoms with Crippen molar-refractivity contribution in [3.63, 3.8) is 0 Å². The molecule has 0 saturated heterocycles. The molecule has 0 radical (unpaired) electrons. The maximum Gasteiger partial charge on any atom is 0.446 e. The van der Waals surface area contributed by atoms with Crippen LogP contribution < -0.4 is 5.32 Å². The van der Waals surface area contributed by atoms with E-state index in [0.29, 0.717) is 5.69 Å². The Bertz CT molecular complexity index is 452. The minimum atomic E-state index is -4.31. The molecule has 112 valence electrons. The van der Waals surface area contributed by atoms with Gasteiger partial charge in [-0.25, -0.2) is 0 Å². The van der Waals surface area contributed by atoms with Gasteiger partial charge in [0.1, 0.15) is 6.61 Å². The second-order valence-corrected chi connectivity index (χ2v) is 6.16. The number of alkyl halides is 3. The number of nitrogens with one attached hydrogen (secondary N) is 1. The fourth-order valence-corrected chi connectivity index (χ4v) is 1.76. The Morgan fingerprint density at radius 1 is 1.20 bits per heavy atom. The summed E-state index contributed by atoms with van der Waals surface area (Å²) in [4.78, 5) is 11.6. The number of carbonyl (C=O) groups is 1. The Labute approximate surface area is 119 Å². The number of halogens is 3. The van der Waals surface area contributed by atoms with Crippen molar-refractivity contribution in [1.82, 2.24) is 0 Å². The SMILES string of the molecule is CC(C)(C)OCC(=O)Nc1ccc(SC(F)(F)F)cc1. The number of amides is 1. The number of benzene rings is 1. The third-order valence-electron chi connectivity index (χ3n) is 2.01. The van der Waals surface area contributed by atoms with E-state index < -0.39 is 11.1 Å². The molecule has 0 aliphatic carbocycles. The Morgan fingerprint density at radius 3 is 2.20 bits per heavy atom. The van der Waals surface area contributed by atoms with Crippen LogP contribution in [0.5, 0.6) is 0 Å². The summed E-state index contributed by atoms with van der Waals surface area (Å²) in [5.74, 6) is -0.351. The van der Waals surface area contributed by atoms with Gasteiger partial charge in [0.15, 0.2) is 0 Å². The van der Waals surface area contributed by atoms with E-state index >= 15 is 0 Å². The zero-order valence-corrected chi connectivity index (χ0v) is 12.2. The highest BCUT2D eigenvalue weighted by molar-refractivity contribution is 8.00. The maximum absolute atomic E-state index is 12.1. The first-order chi connectivity index (χ1) is 9.05. The van der Waals surface area contributed by atoms with Crippen molar-refractivity contribution in [3.8, 4) is 0 Å². The lowest BCUT2D eigenvalue weighted by molar-refractivity contribution is -0.125. The van der Waals surface area contributed by atoms with Gasteiger partial charge in [0, 0.05) is 10.6 Å². The number of ether oxygens (including phenoxy) is 1. The zero-order chi connectivity index (χ0) is 15.4. The number of hydrogen-bond acceptors (Lipinski definition) is 3. The quantitative estimate of drug-likeness (QED) is 0.853. The second kappa shape index (κ2) is 6.49. The molecule has 0 bridgehead atoms. The summed E-state index contributed by atoms with van der Waals surface area (Å²) in [6, 6.07) is 5.45. The second-order valence-electron chi connectivity index (χ2n) is 5.02. The Kier molecular flexibility index (Phi) is 5.47. The van der Waals surface area contributed by atoms with Crippen LogP contribution in [-0.2, 0) is 9.53 Å². The van der Waals surface area contributed by atoms with E-state index in [1.54, 1.807) is 0 Å². The van der Waals surface area contributed by atoms with E-state index in [1.165, 1.54) is 24.3 Å². The van der Waals surface area contributed by atoms with Gasteiger partial charge in [-0.3, -0.25) is 4.79 Å². The van der Waals surface area contributed by atoms with Crippen LogP contribution in [-0.4, -0.2) is 23.6 Å². The highest BCUT2D eigenvalue weighted by Gasteiger charge is 2.29. The molecule has 0 heterocycles. The molecule has 1 amide bonds. The van der Waals surface area contributed by atoms with Gasteiger partial charge in [0.25, 0.3) is 0 Å². The van der Waals surface area contributed by atoms with Crippen LogP contribution in [0.2, 0.25) is 0 Å². The average Bonchev–Trinajstić information content (AvgIpc) is 2.26. The Balaban J connectivity index is 2.51. The molecule has 0 spiro atoms. The fraction of sp³-hybridized carbons (Fsp3) is 0.462. The standard InChI is InChI=1S/C13H16F3NO2S/c1-12(2,3)19-8-11(18)17-9-4-6-10(7-5-9)20-13(14,15)16/h4-7H,8H2,1-3H3,(H,17,18). The van der Waals surface area contributed by atoms with Crippen LogP contribution in [0.1, 0.15) is 20.8 Å². The lowest BCUT2D eigenvalue weighted by Crippen LogP contribution is -2.27. The van der Waals surface area contributed by atoms with E-state index in [2.05, 4.69) is 5.32 Å². The van der Waals surface area contributed by atoms with Gasteiger partial charge >= 0.3 is 5.51 Å². The molecular formula is C13H16F3NO2S. The van der Waals surface area contributed by atoms with E-state index in [9.17, 15) is 18.0 Å². The predicted octanol–water partition coefficient (Wildman–Crippen LogP) is 4.05. The lowest BCUT2D eigenvalue weighted by Gasteiger charge is -2.19. The van der Waals surface area contributed by atoms with Crippen molar-refractivity contribution in [1.29, 1.82) is 0 Å². The van der Waals surface area contributed by atoms with Crippen molar-refractivity contribution in [2.45, 2.75) is 36.8 Å². The van der Waals surface area contributed by atoms with Gasteiger partial charge in [0.05, 0.1) is 5.60 Å². The summed E-state index contributed by atoms with van der Waals surface area (Å²) >= 11 is -0.195. The van der Waals surface area contributed by atoms with E-state index in [0.717, 1.165) is 0 Å². The van der Waals surface area contributed by atoms with Gasteiger partial charge in [-0.2, -0.15) is 13.2 Å². The summed E-state index contributed by atoms with van der Waals surface area (Å²) < 4.78 is 41.7. The van der Waals surface area contributed by atoms with Crippen LogP contribution in [0.4, 0.5) is 18.9 Å². The molecule has 0 aliphatic rings. The first-order valence-electron chi connectivity index (χ1n) is 5.85. The summed E-state index contributed by atoms with van der Waals surface area (Å²) in [5, 5.41) is 2.55. The highest BCUT2D eigenvalue weighted by atomic mass is 32.2. The topological polar surface area (TPSA) is 38.3 Å². The lowest BCUT2D eigenvalue weighted by atomic mass is 10.2. The van der Waals surface area contributed by atoms with Crippen molar-refractivity contribution < 1.29 is 22.7 Å². The minimum Gasteiger partial charge on any atom is -0.366 e. The molecule has 0 aromatic heterocycles. The number of rotatable bonds is 4. The number of thioether (sulfide) groups is 1. The van der Waals surface area contributed by atoms with Gasteiger partial charge in [-0.05, 0) is 56.8 Å². The zero-order valence-electron chi connectivity index (χ0n) is 11.4. The van der Waals surface area contributed by atoms with Crippen molar-refractivity contribution in [2.24, 2.45) is 0 Å². The van der Waals surface area contributed by atoms with Crippen LogP contribution >= 0.6 is 11.8 Å². The average molecular weight is 307 g/mol. The van der Waals surface area contributed by atoms with Gasteiger partial charge in [0.2, 0.25) is 5.91 Å². The third kappa shape index (κ3) is 7.40. The predicted molar refractivity (Wildman–Crippen MR) is 72.7 cm³/mol. The Morgan fingerprint density at radius 2 is 1.75 bits per heavy atom. The summed E-state index contributed by atoms with van der Waals surface area (Å²) in [7, 11) is 0. The smallest absolute Gasteiger partial charge is 0.366 e. The molecule has 7 heteroatoms. The highest BCUT2D eigenvalue weighted by Crippen LogP contribution is 2.36. The molecule has 0 fully saturated rings.